The minimum atomic E-state index is -0.348. The lowest BCUT2D eigenvalue weighted by Gasteiger charge is -2.17. The van der Waals surface area contributed by atoms with Gasteiger partial charge in [0.15, 0.2) is 0 Å². The van der Waals surface area contributed by atoms with Crippen LogP contribution in [0.15, 0.2) is 39.7 Å². The van der Waals surface area contributed by atoms with Crippen LogP contribution in [0.3, 0.4) is 0 Å². The number of carbonyl (C=O) groups excluding carboxylic acids is 1. The third kappa shape index (κ3) is 5.47. The van der Waals surface area contributed by atoms with E-state index in [0.29, 0.717) is 34.9 Å². The number of aromatic hydroxyl groups is 1. The molecule has 0 aliphatic rings. The number of thioether (sulfide) groups is 1. The second-order valence-corrected chi connectivity index (χ2v) is 11.2. The minimum absolute atomic E-state index is 0.119. The van der Waals surface area contributed by atoms with E-state index in [1.54, 1.807) is 11.8 Å². The molecule has 0 spiro atoms. The molecule has 0 unspecified atom stereocenters. The first kappa shape index (κ1) is 26.6. The number of nitrogens with zero attached hydrogens (tertiary/aromatic N) is 2. The fraction of sp³-hybridized carbons (Fsp3) is 0.444. The summed E-state index contributed by atoms with van der Waals surface area (Å²) < 4.78 is 8.35. The lowest BCUT2D eigenvalue weighted by atomic mass is 10.0. The highest BCUT2D eigenvalue weighted by Crippen LogP contribution is 2.42. The molecule has 0 saturated carbocycles. The Morgan fingerprint density at radius 1 is 1.18 bits per heavy atom. The number of benzene rings is 2. The summed E-state index contributed by atoms with van der Waals surface area (Å²) in [5, 5.41) is 11.7. The zero-order valence-corrected chi connectivity index (χ0v) is 23.5. The Kier molecular flexibility index (Phi) is 8.77. The molecule has 0 saturated heterocycles. The monoisotopic (exact) mass is 546 g/mol. The van der Waals surface area contributed by atoms with E-state index in [1.165, 1.54) is 5.56 Å². The molecule has 1 aromatic heterocycles. The average molecular weight is 548 g/mol. The highest BCUT2D eigenvalue weighted by molar-refractivity contribution is 9.10. The van der Waals surface area contributed by atoms with Crippen molar-refractivity contribution in [1.29, 1.82) is 0 Å². The lowest BCUT2D eigenvalue weighted by Crippen LogP contribution is -2.13. The molecule has 0 bridgehead atoms. The van der Waals surface area contributed by atoms with Crippen LogP contribution in [-0.2, 0) is 17.0 Å². The van der Waals surface area contributed by atoms with E-state index < -0.39 is 0 Å². The Balaban J connectivity index is 2.22. The second-order valence-electron chi connectivity index (χ2n) is 9.34. The van der Waals surface area contributed by atoms with Crippen molar-refractivity contribution >= 4 is 44.6 Å². The van der Waals surface area contributed by atoms with Crippen molar-refractivity contribution in [3.05, 3.63) is 57.2 Å². The van der Waals surface area contributed by atoms with Crippen molar-refractivity contribution in [2.45, 2.75) is 63.8 Å². The molecule has 1 heterocycles. The molecule has 0 fully saturated rings. The highest BCUT2D eigenvalue weighted by Gasteiger charge is 2.29. The van der Waals surface area contributed by atoms with Gasteiger partial charge in [-0.2, -0.15) is 0 Å². The van der Waals surface area contributed by atoms with Gasteiger partial charge in [0.1, 0.15) is 5.75 Å². The Morgan fingerprint density at radius 2 is 1.82 bits per heavy atom. The number of carbonyl (C=O) groups is 1. The number of phenols is 1. The Labute approximate surface area is 215 Å². The van der Waals surface area contributed by atoms with E-state index in [1.807, 2.05) is 32.0 Å². The number of hydrogen-bond acceptors (Lipinski definition) is 5. The van der Waals surface area contributed by atoms with Crippen LogP contribution in [0.2, 0.25) is 0 Å². The summed E-state index contributed by atoms with van der Waals surface area (Å²) in [5.41, 5.74) is 4.42. The maximum absolute atomic E-state index is 13.3. The number of phenolic OH excluding ortho intramolecular Hbond substituents is 1. The van der Waals surface area contributed by atoms with E-state index in [-0.39, 0.29) is 17.8 Å². The van der Waals surface area contributed by atoms with Crippen LogP contribution in [0.25, 0.3) is 10.9 Å². The summed E-state index contributed by atoms with van der Waals surface area (Å²) in [6.07, 6.45) is 0. The first-order valence-electron chi connectivity index (χ1n) is 11.7. The number of hydrogen-bond donors (Lipinski definition) is 1. The van der Waals surface area contributed by atoms with Gasteiger partial charge in [0.05, 0.1) is 22.2 Å². The van der Waals surface area contributed by atoms with Crippen molar-refractivity contribution < 1.29 is 14.6 Å². The third-order valence-electron chi connectivity index (χ3n) is 5.81. The minimum Gasteiger partial charge on any atom is -0.506 e. The fourth-order valence-electron chi connectivity index (χ4n) is 4.28. The number of ether oxygens (including phenoxy) is 1. The van der Waals surface area contributed by atoms with Gasteiger partial charge >= 0.3 is 5.97 Å². The normalized spacial score (nSPS) is 11.9. The molecule has 0 aliphatic heterocycles. The van der Waals surface area contributed by atoms with Crippen LogP contribution < -0.4 is 0 Å². The number of rotatable bonds is 9. The van der Waals surface area contributed by atoms with Gasteiger partial charge in [-0.15, -0.1) is 11.8 Å². The van der Waals surface area contributed by atoms with Crippen LogP contribution >= 0.6 is 27.7 Å². The summed E-state index contributed by atoms with van der Waals surface area (Å²) in [6.45, 7) is 11.2. The maximum Gasteiger partial charge on any atom is 0.340 e. The van der Waals surface area contributed by atoms with Crippen molar-refractivity contribution in [3.63, 3.8) is 0 Å². The zero-order valence-electron chi connectivity index (χ0n) is 21.1. The topological polar surface area (TPSA) is 54.7 Å². The molecule has 7 heteroatoms. The summed E-state index contributed by atoms with van der Waals surface area (Å²) in [7, 11) is 3.90. The van der Waals surface area contributed by atoms with E-state index >= 15 is 0 Å². The van der Waals surface area contributed by atoms with Crippen LogP contribution in [0.1, 0.15) is 73.8 Å². The van der Waals surface area contributed by atoms with Gasteiger partial charge in [0.25, 0.3) is 0 Å². The first-order valence-corrected chi connectivity index (χ1v) is 13.5. The van der Waals surface area contributed by atoms with Crippen molar-refractivity contribution in [3.8, 4) is 5.75 Å². The van der Waals surface area contributed by atoms with Gasteiger partial charge in [-0.25, -0.2) is 4.79 Å². The molecule has 0 aliphatic carbocycles. The van der Waals surface area contributed by atoms with Crippen LogP contribution in [0.4, 0.5) is 0 Å². The summed E-state index contributed by atoms with van der Waals surface area (Å²) in [5.74, 6) is 0.914. The van der Waals surface area contributed by atoms with Gasteiger partial charge in [0, 0.05) is 39.9 Å². The molecule has 2 aromatic carbocycles. The largest absolute Gasteiger partial charge is 0.506 e. The van der Waals surface area contributed by atoms with Crippen molar-refractivity contribution in [2.24, 2.45) is 0 Å². The fourth-order valence-corrected chi connectivity index (χ4v) is 5.65. The second kappa shape index (κ2) is 11.2. The lowest BCUT2D eigenvalue weighted by molar-refractivity contribution is 0.0527. The molecule has 0 atom stereocenters. The predicted octanol–water partition coefficient (Wildman–Crippen LogP) is 7.34. The first-order chi connectivity index (χ1) is 16.1. The molecule has 3 aromatic rings. The molecule has 3 rings (SSSR count). The van der Waals surface area contributed by atoms with Gasteiger partial charge in [-0.1, -0.05) is 26.0 Å². The van der Waals surface area contributed by atoms with Crippen LogP contribution in [0.5, 0.6) is 5.75 Å². The molecule has 184 valence electrons. The molecule has 0 amide bonds. The standard InChI is InChI=1S/C27H35BrN2O3S/c1-8-33-27(32)25-23(15-34-19-11-9-18(10-12-19)16(2)3)30(17(4)5)22-13-21(28)26(31)20(24(22)25)14-29(6)7/h9-13,16-17,31H,8,14-15H2,1-7H3. The third-order valence-corrected chi connectivity index (χ3v) is 7.44. The van der Waals surface area contributed by atoms with Gasteiger partial charge in [-0.3, -0.25) is 0 Å². The number of halogens is 1. The number of fused-ring (bicyclic) bond motifs is 1. The predicted molar refractivity (Wildman–Crippen MR) is 145 cm³/mol. The molecule has 1 N–H and O–H groups in total. The maximum atomic E-state index is 13.3. The summed E-state index contributed by atoms with van der Waals surface area (Å²) >= 11 is 5.24. The van der Waals surface area contributed by atoms with E-state index in [9.17, 15) is 9.90 Å². The van der Waals surface area contributed by atoms with E-state index in [0.717, 1.165) is 27.1 Å². The number of esters is 1. The Hall–Kier alpha value is -1.96. The Morgan fingerprint density at radius 3 is 2.35 bits per heavy atom. The quantitative estimate of drug-likeness (QED) is 0.224. The van der Waals surface area contributed by atoms with Crippen LogP contribution in [-0.4, -0.2) is 41.2 Å². The van der Waals surface area contributed by atoms with E-state index in [2.05, 4.69) is 72.5 Å². The molecular formula is C27H35BrN2O3S. The summed E-state index contributed by atoms with van der Waals surface area (Å²) in [6, 6.07) is 10.7. The van der Waals surface area contributed by atoms with Gasteiger partial charge < -0.3 is 19.3 Å². The molecule has 5 nitrogen and oxygen atoms in total. The highest BCUT2D eigenvalue weighted by atomic mass is 79.9. The number of aromatic nitrogens is 1. The Bertz CT molecular complexity index is 1170. The van der Waals surface area contributed by atoms with E-state index in [4.69, 9.17) is 4.74 Å². The average Bonchev–Trinajstić information content (AvgIpc) is 3.09. The molecule has 34 heavy (non-hydrogen) atoms. The smallest absolute Gasteiger partial charge is 0.340 e. The molecule has 0 radical (unpaired) electrons. The van der Waals surface area contributed by atoms with Gasteiger partial charge in [-0.05, 0) is 80.5 Å². The summed E-state index contributed by atoms with van der Waals surface area (Å²) in [4.78, 5) is 16.5. The van der Waals surface area contributed by atoms with Crippen molar-refractivity contribution in [2.75, 3.05) is 20.7 Å². The SMILES string of the molecule is CCOC(=O)c1c(CSc2ccc(C(C)C)cc2)n(C(C)C)c2cc(Br)c(O)c(CN(C)C)c12. The van der Waals surface area contributed by atoms with Gasteiger partial charge in [0.2, 0.25) is 0 Å². The van der Waals surface area contributed by atoms with Crippen molar-refractivity contribution in [1.82, 2.24) is 9.47 Å². The van der Waals surface area contributed by atoms with Crippen LogP contribution in [0, 0.1) is 0 Å². The molecular weight excluding hydrogens is 512 g/mol. The zero-order chi connectivity index (χ0) is 25.2.